The minimum absolute atomic E-state index is 0.0524. The van der Waals surface area contributed by atoms with Crippen LogP contribution in [0.15, 0.2) is 70.6 Å². The predicted molar refractivity (Wildman–Crippen MR) is 131 cm³/mol. The fraction of sp³-hybridized carbons (Fsp3) is 0.231. The molecule has 0 aliphatic heterocycles. The Kier molecular flexibility index (Phi) is 6.19. The molecule has 6 nitrogen and oxygen atoms in total. The number of benzene rings is 2. The van der Waals surface area contributed by atoms with Crippen molar-refractivity contribution in [3.63, 3.8) is 0 Å². The first-order valence-electron chi connectivity index (χ1n) is 10.7. The SMILES string of the molecule is Cc1cc(C)c(S(=O)(=O)N(Cc2cccnc2)Cc2cc3cc(C)ccc3[nH]c2=O)c(C)c1. The average molecular weight is 462 g/mol. The highest BCUT2D eigenvalue weighted by atomic mass is 32.2. The van der Waals surface area contributed by atoms with Gasteiger partial charge in [0.05, 0.1) is 4.90 Å². The quantitative estimate of drug-likeness (QED) is 0.457. The Morgan fingerprint density at radius 2 is 1.64 bits per heavy atom. The minimum atomic E-state index is -3.90. The van der Waals surface area contributed by atoms with Gasteiger partial charge in [0.1, 0.15) is 0 Å². The largest absolute Gasteiger partial charge is 0.322 e. The van der Waals surface area contributed by atoms with Gasteiger partial charge in [0.2, 0.25) is 10.0 Å². The molecule has 4 aromatic rings. The summed E-state index contributed by atoms with van der Waals surface area (Å²) in [4.78, 5) is 20.2. The van der Waals surface area contributed by atoms with Gasteiger partial charge in [-0.1, -0.05) is 35.4 Å². The summed E-state index contributed by atoms with van der Waals surface area (Å²) >= 11 is 0. The highest BCUT2D eigenvalue weighted by Gasteiger charge is 2.29. The maximum Gasteiger partial charge on any atom is 0.252 e. The van der Waals surface area contributed by atoms with E-state index in [4.69, 9.17) is 0 Å². The van der Waals surface area contributed by atoms with Gasteiger partial charge in [0.25, 0.3) is 5.56 Å². The van der Waals surface area contributed by atoms with Crippen LogP contribution in [0.5, 0.6) is 0 Å². The van der Waals surface area contributed by atoms with Crippen molar-refractivity contribution in [1.29, 1.82) is 0 Å². The van der Waals surface area contributed by atoms with Gasteiger partial charge in [0, 0.05) is 36.6 Å². The topological polar surface area (TPSA) is 83.1 Å². The van der Waals surface area contributed by atoms with Crippen molar-refractivity contribution in [2.75, 3.05) is 0 Å². The molecule has 7 heteroatoms. The number of aryl methyl sites for hydroxylation is 4. The molecule has 0 saturated carbocycles. The van der Waals surface area contributed by atoms with Gasteiger partial charge in [0.15, 0.2) is 0 Å². The Morgan fingerprint density at radius 3 is 2.30 bits per heavy atom. The number of rotatable bonds is 6. The Bertz CT molecular complexity index is 1470. The van der Waals surface area contributed by atoms with Crippen LogP contribution >= 0.6 is 0 Å². The molecule has 0 radical (unpaired) electrons. The molecular weight excluding hydrogens is 434 g/mol. The maximum absolute atomic E-state index is 13.9. The van der Waals surface area contributed by atoms with Gasteiger partial charge < -0.3 is 4.98 Å². The molecule has 2 aromatic heterocycles. The lowest BCUT2D eigenvalue weighted by Gasteiger charge is -2.24. The van der Waals surface area contributed by atoms with Crippen LogP contribution in [0.25, 0.3) is 10.9 Å². The van der Waals surface area contributed by atoms with E-state index in [9.17, 15) is 13.2 Å². The first-order chi connectivity index (χ1) is 15.6. The number of hydrogen-bond acceptors (Lipinski definition) is 4. The zero-order valence-electron chi connectivity index (χ0n) is 19.2. The number of nitrogens with one attached hydrogen (secondary N) is 1. The van der Waals surface area contributed by atoms with E-state index < -0.39 is 10.0 Å². The van der Waals surface area contributed by atoms with Crippen LogP contribution in [0.1, 0.15) is 33.4 Å². The second-order valence-electron chi connectivity index (χ2n) is 8.58. The zero-order valence-corrected chi connectivity index (χ0v) is 20.0. The van der Waals surface area contributed by atoms with E-state index in [0.717, 1.165) is 27.6 Å². The van der Waals surface area contributed by atoms with Crippen molar-refractivity contribution >= 4 is 20.9 Å². The summed E-state index contributed by atoms with van der Waals surface area (Å²) in [6.45, 7) is 7.59. The molecule has 2 aromatic carbocycles. The molecule has 0 amide bonds. The number of fused-ring (bicyclic) bond motifs is 1. The number of sulfonamides is 1. The van der Waals surface area contributed by atoms with E-state index in [0.29, 0.717) is 16.7 Å². The summed E-state index contributed by atoms with van der Waals surface area (Å²) in [5, 5.41) is 0.867. The molecule has 0 atom stereocenters. The number of aromatic amines is 1. The molecule has 0 saturated heterocycles. The molecule has 4 rings (SSSR count). The third-order valence-corrected chi connectivity index (χ3v) is 7.81. The maximum atomic E-state index is 13.9. The van der Waals surface area contributed by atoms with Crippen LogP contribution < -0.4 is 5.56 Å². The molecule has 33 heavy (non-hydrogen) atoms. The second-order valence-corrected chi connectivity index (χ2v) is 10.5. The monoisotopic (exact) mass is 461 g/mol. The van der Waals surface area contributed by atoms with Crippen LogP contribution in [0.3, 0.4) is 0 Å². The van der Waals surface area contributed by atoms with E-state index in [-0.39, 0.29) is 23.5 Å². The second kappa shape index (κ2) is 8.92. The highest BCUT2D eigenvalue weighted by Crippen LogP contribution is 2.28. The predicted octanol–water partition coefficient (Wildman–Crippen LogP) is 4.55. The van der Waals surface area contributed by atoms with Crippen LogP contribution in [-0.2, 0) is 23.1 Å². The zero-order chi connectivity index (χ0) is 23.8. The lowest BCUT2D eigenvalue weighted by atomic mass is 10.1. The molecular formula is C26H27N3O3S. The van der Waals surface area contributed by atoms with Crippen molar-refractivity contribution in [1.82, 2.24) is 14.3 Å². The molecule has 0 fully saturated rings. The molecule has 0 unspecified atom stereocenters. The number of nitrogens with zero attached hydrogens (tertiary/aromatic N) is 2. The standard InChI is InChI=1S/C26H27N3O3S/c1-17-7-8-24-22(12-17)13-23(26(30)28-24)16-29(15-21-6-5-9-27-14-21)33(31,32)25-19(3)10-18(2)11-20(25)4/h5-14H,15-16H2,1-4H3,(H,28,30). The van der Waals surface area contributed by atoms with Gasteiger partial charge in [-0.05, 0) is 74.0 Å². The summed E-state index contributed by atoms with van der Waals surface area (Å²) in [5.74, 6) is 0. The average Bonchev–Trinajstić information content (AvgIpc) is 2.73. The van der Waals surface area contributed by atoms with E-state index in [1.54, 1.807) is 38.4 Å². The summed E-state index contributed by atoms with van der Waals surface area (Å²) < 4.78 is 29.2. The fourth-order valence-electron chi connectivity index (χ4n) is 4.30. The van der Waals surface area contributed by atoms with Gasteiger partial charge in [-0.25, -0.2) is 8.42 Å². The van der Waals surface area contributed by atoms with Crippen LogP contribution in [0.4, 0.5) is 0 Å². The number of aromatic nitrogens is 2. The van der Waals surface area contributed by atoms with Gasteiger partial charge in [-0.3, -0.25) is 9.78 Å². The molecule has 1 N–H and O–H groups in total. The highest BCUT2D eigenvalue weighted by molar-refractivity contribution is 7.89. The summed E-state index contributed by atoms with van der Waals surface area (Å²) in [7, 11) is -3.90. The summed E-state index contributed by atoms with van der Waals surface area (Å²) in [5.41, 5.74) is 5.00. The summed E-state index contributed by atoms with van der Waals surface area (Å²) in [6.07, 6.45) is 3.29. The minimum Gasteiger partial charge on any atom is -0.322 e. The van der Waals surface area contributed by atoms with Crippen molar-refractivity contribution in [3.8, 4) is 0 Å². The molecule has 0 bridgehead atoms. The van der Waals surface area contributed by atoms with Crippen molar-refractivity contribution < 1.29 is 8.42 Å². The number of H-pyrrole nitrogens is 1. The van der Waals surface area contributed by atoms with Crippen molar-refractivity contribution in [2.24, 2.45) is 0 Å². The van der Waals surface area contributed by atoms with Crippen LogP contribution in [0, 0.1) is 27.7 Å². The Labute approximate surface area is 194 Å². The summed E-state index contributed by atoms with van der Waals surface area (Å²) in [6, 6.07) is 14.9. The first kappa shape index (κ1) is 22.9. The van der Waals surface area contributed by atoms with E-state index >= 15 is 0 Å². The first-order valence-corrected chi connectivity index (χ1v) is 12.2. The van der Waals surface area contributed by atoms with Crippen molar-refractivity contribution in [3.05, 3.63) is 105 Å². The third kappa shape index (κ3) is 4.74. The molecule has 0 spiro atoms. The lowest BCUT2D eigenvalue weighted by molar-refractivity contribution is 0.399. The number of pyridine rings is 2. The molecule has 2 heterocycles. The third-order valence-electron chi connectivity index (χ3n) is 5.71. The number of hydrogen-bond donors (Lipinski definition) is 1. The van der Waals surface area contributed by atoms with Crippen LogP contribution in [0.2, 0.25) is 0 Å². The van der Waals surface area contributed by atoms with Crippen molar-refractivity contribution in [2.45, 2.75) is 45.7 Å². The molecule has 0 aliphatic rings. The molecule has 0 aliphatic carbocycles. The van der Waals surface area contributed by atoms with E-state index in [1.807, 2.05) is 50.2 Å². The fourth-order valence-corrected chi connectivity index (χ4v) is 6.12. The Balaban J connectivity index is 1.83. The molecule has 170 valence electrons. The lowest BCUT2D eigenvalue weighted by Crippen LogP contribution is -2.33. The van der Waals surface area contributed by atoms with Crippen LogP contribution in [-0.4, -0.2) is 22.7 Å². The van der Waals surface area contributed by atoms with Gasteiger partial charge >= 0.3 is 0 Å². The Hall–Kier alpha value is -3.29. The van der Waals surface area contributed by atoms with Gasteiger partial charge in [-0.2, -0.15) is 4.31 Å². The van der Waals surface area contributed by atoms with E-state index in [1.165, 1.54) is 4.31 Å². The Morgan fingerprint density at radius 1 is 0.909 bits per heavy atom. The van der Waals surface area contributed by atoms with Gasteiger partial charge in [-0.15, -0.1) is 0 Å². The smallest absolute Gasteiger partial charge is 0.252 e. The van der Waals surface area contributed by atoms with E-state index in [2.05, 4.69) is 9.97 Å². The normalized spacial score (nSPS) is 11.9.